The van der Waals surface area contributed by atoms with Crippen LogP contribution >= 0.6 is 0 Å². The monoisotopic (exact) mass is 258 g/mol. The Bertz CT molecular complexity index is 593. The average Bonchev–Trinajstić information content (AvgIpc) is 2.32. The van der Waals surface area contributed by atoms with Crippen molar-refractivity contribution in [1.29, 1.82) is 0 Å². The van der Waals surface area contributed by atoms with Gasteiger partial charge >= 0.3 is 0 Å². The van der Waals surface area contributed by atoms with Crippen LogP contribution in [-0.4, -0.2) is 7.05 Å². The first-order chi connectivity index (χ1) is 8.97. The summed E-state index contributed by atoms with van der Waals surface area (Å²) in [6, 6.07) is 11.1. The summed E-state index contributed by atoms with van der Waals surface area (Å²) in [5.41, 5.74) is 10.2. The van der Waals surface area contributed by atoms with Crippen molar-refractivity contribution in [3.63, 3.8) is 0 Å². The number of rotatable bonds is 3. The molecule has 100 valence electrons. The zero-order valence-corrected chi connectivity index (χ0v) is 11.6. The SMILES string of the molecule is Cc1ccc(N(C)Cc2ccc(N)cc2F)c(C)c1. The van der Waals surface area contributed by atoms with Crippen LogP contribution < -0.4 is 10.6 Å². The van der Waals surface area contributed by atoms with Gasteiger partial charge in [0.2, 0.25) is 0 Å². The minimum Gasteiger partial charge on any atom is -0.399 e. The number of benzene rings is 2. The highest BCUT2D eigenvalue weighted by atomic mass is 19.1. The van der Waals surface area contributed by atoms with Crippen molar-refractivity contribution in [2.45, 2.75) is 20.4 Å². The number of halogens is 1. The van der Waals surface area contributed by atoms with Gasteiger partial charge in [-0.25, -0.2) is 4.39 Å². The van der Waals surface area contributed by atoms with E-state index in [4.69, 9.17) is 5.73 Å². The van der Waals surface area contributed by atoms with E-state index in [0.29, 0.717) is 17.8 Å². The molecule has 0 bridgehead atoms. The molecule has 0 amide bonds. The molecule has 2 aromatic rings. The van der Waals surface area contributed by atoms with Crippen LogP contribution in [0.25, 0.3) is 0 Å². The number of hydrogen-bond acceptors (Lipinski definition) is 2. The second-order valence-electron chi connectivity index (χ2n) is 5.00. The van der Waals surface area contributed by atoms with Gasteiger partial charge < -0.3 is 10.6 Å². The molecule has 3 heteroatoms. The van der Waals surface area contributed by atoms with Crippen molar-refractivity contribution in [3.05, 3.63) is 58.9 Å². The summed E-state index contributed by atoms with van der Waals surface area (Å²) in [5, 5.41) is 0. The van der Waals surface area contributed by atoms with E-state index in [9.17, 15) is 4.39 Å². The Labute approximate surface area is 113 Å². The molecule has 0 aliphatic carbocycles. The Hall–Kier alpha value is -2.03. The third-order valence-corrected chi connectivity index (χ3v) is 3.25. The molecule has 2 rings (SSSR count). The van der Waals surface area contributed by atoms with E-state index in [1.165, 1.54) is 17.2 Å². The minimum atomic E-state index is -0.253. The molecular formula is C16H19FN2. The van der Waals surface area contributed by atoms with E-state index in [-0.39, 0.29) is 5.82 Å². The highest BCUT2D eigenvalue weighted by Crippen LogP contribution is 2.22. The number of nitrogens with two attached hydrogens (primary N) is 1. The number of anilines is 2. The third kappa shape index (κ3) is 3.05. The molecule has 0 aliphatic rings. The predicted molar refractivity (Wildman–Crippen MR) is 78.8 cm³/mol. The zero-order valence-electron chi connectivity index (χ0n) is 11.6. The molecule has 0 atom stereocenters. The highest BCUT2D eigenvalue weighted by molar-refractivity contribution is 5.54. The van der Waals surface area contributed by atoms with Gasteiger partial charge in [0.05, 0.1) is 0 Å². The molecule has 0 unspecified atom stereocenters. The summed E-state index contributed by atoms with van der Waals surface area (Å²) in [5.74, 6) is -0.253. The quantitative estimate of drug-likeness (QED) is 0.851. The number of nitrogen functional groups attached to an aromatic ring is 1. The maximum absolute atomic E-state index is 13.8. The van der Waals surface area contributed by atoms with Gasteiger partial charge in [0.1, 0.15) is 5.82 Å². The van der Waals surface area contributed by atoms with Crippen LogP contribution in [-0.2, 0) is 6.54 Å². The van der Waals surface area contributed by atoms with Gasteiger partial charge in [0.15, 0.2) is 0 Å². The minimum absolute atomic E-state index is 0.253. The van der Waals surface area contributed by atoms with Gasteiger partial charge in [-0.15, -0.1) is 0 Å². The average molecular weight is 258 g/mol. The van der Waals surface area contributed by atoms with E-state index in [1.54, 1.807) is 12.1 Å². The fourth-order valence-corrected chi connectivity index (χ4v) is 2.27. The number of nitrogens with zero attached hydrogens (tertiary/aromatic N) is 1. The van der Waals surface area contributed by atoms with Crippen molar-refractivity contribution in [2.75, 3.05) is 17.7 Å². The molecule has 2 N–H and O–H groups in total. The lowest BCUT2D eigenvalue weighted by molar-refractivity contribution is 0.608. The van der Waals surface area contributed by atoms with Crippen molar-refractivity contribution < 1.29 is 4.39 Å². The van der Waals surface area contributed by atoms with E-state index < -0.39 is 0 Å². The Balaban J connectivity index is 2.23. The van der Waals surface area contributed by atoms with Gasteiger partial charge in [-0.3, -0.25) is 0 Å². The molecule has 2 aromatic carbocycles. The Morgan fingerprint density at radius 3 is 2.47 bits per heavy atom. The van der Waals surface area contributed by atoms with Crippen molar-refractivity contribution in [2.24, 2.45) is 0 Å². The number of aryl methyl sites for hydroxylation is 2. The first kappa shape index (κ1) is 13.4. The lowest BCUT2D eigenvalue weighted by atomic mass is 10.1. The molecule has 0 aliphatic heterocycles. The molecule has 0 spiro atoms. The molecular weight excluding hydrogens is 239 g/mol. The summed E-state index contributed by atoms with van der Waals surface area (Å²) in [6.07, 6.45) is 0. The topological polar surface area (TPSA) is 29.3 Å². The van der Waals surface area contributed by atoms with Crippen molar-refractivity contribution >= 4 is 11.4 Å². The fraction of sp³-hybridized carbons (Fsp3) is 0.250. The smallest absolute Gasteiger partial charge is 0.130 e. The van der Waals surface area contributed by atoms with Gasteiger partial charge in [-0.2, -0.15) is 0 Å². The fourth-order valence-electron chi connectivity index (χ4n) is 2.27. The second kappa shape index (κ2) is 5.31. The lowest BCUT2D eigenvalue weighted by Gasteiger charge is -2.22. The number of hydrogen-bond donors (Lipinski definition) is 1. The van der Waals surface area contributed by atoms with Crippen molar-refractivity contribution in [1.82, 2.24) is 0 Å². The molecule has 19 heavy (non-hydrogen) atoms. The van der Waals surface area contributed by atoms with E-state index in [2.05, 4.69) is 32.0 Å². The van der Waals surface area contributed by atoms with E-state index in [0.717, 1.165) is 5.69 Å². The van der Waals surface area contributed by atoms with Crippen LogP contribution in [0.3, 0.4) is 0 Å². The normalized spacial score (nSPS) is 10.5. The Morgan fingerprint density at radius 1 is 1.11 bits per heavy atom. The van der Waals surface area contributed by atoms with Crippen LogP contribution in [0.4, 0.5) is 15.8 Å². The lowest BCUT2D eigenvalue weighted by Crippen LogP contribution is -2.18. The van der Waals surface area contributed by atoms with Crippen molar-refractivity contribution in [3.8, 4) is 0 Å². The second-order valence-corrected chi connectivity index (χ2v) is 5.00. The maximum atomic E-state index is 13.8. The van der Waals surface area contributed by atoms with Crippen LogP contribution in [0.2, 0.25) is 0 Å². The molecule has 0 saturated carbocycles. The largest absolute Gasteiger partial charge is 0.399 e. The summed E-state index contributed by atoms with van der Waals surface area (Å²) in [4.78, 5) is 2.05. The summed E-state index contributed by atoms with van der Waals surface area (Å²) < 4.78 is 13.8. The van der Waals surface area contributed by atoms with Crippen LogP contribution in [0.15, 0.2) is 36.4 Å². The van der Waals surface area contributed by atoms with Gasteiger partial charge in [0.25, 0.3) is 0 Å². The first-order valence-electron chi connectivity index (χ1n) is 6.29. The zero-order chi connectivity index (χ0) is 14.0. The Kier molecular flexibility index (Phi) is 3.74. The van der Waals surface area contributed by atoms with Gasteiger partial charge in [0, 0.05) is 30.5 Å². The third-order valence-electron chi connectivity index (χ3n) is 3.25. The van der Waals surface area contributed by atoms with Crippen LogP contribution in [0.5, 0.6) is 0 Å². The molecule has 0 aromatic heterocycles. The molecule has 0 fully saturated rings. The molecule has 0 saturated heterocycles. The van der Waals surface area contributed by atoms with Gasteiger partial charge in [-0.05, 0) is 37.6 Å². The van der Waals surface area contributed by atoms with Crippen LogP contribution in [0, 0.1) is 19.7 Å². The van der Waals surface area contributed by atoms with Gasteiger partial charge in [-0.1, -0.05) is 23.8 Å². The molecule has 0 radical (unpaired) electrons. The molecule has 2 nitrogen and oxygen atoms in total. The van der Waals surface area contributed by atoms with E-state index in [1.807, 2.05) is 11.9 Å². The standard InChI is InChI=1S/C16H19FN2/c1-11-4-7-16(12(2)8-11)19(3)10-13-5-6-14(18)9-15(13)17/h4-9H,10,18H2,1-3H3. The highest BCUT2D eigenvalue weighted by Gasteiger charge is 2.09. The molecule has 0 heterocycles. The summed E-state index contributed by atoms with van der Waals surface area (Å²) in [6.45, 7) is 4.66. The van der Waals surface area contributed by atoms with Crippen LogP contribution in [0.1, 0.15) is 16.7 Å². The predicted octanol–water partition coefficient (Wildman–Crippen LogP) is 3.66. The first-order valence-corrected chi connectivity index (χ1v) is 6.29. The maximum Gasteiger partial charge on any atom is 0.130 e. The summed E-state index contributed by atoms with van der Waals surface area (Å²) >= 11 is 0. The summed E-state index contributed by atoms with van der Waals surface area (Å²) in [7, 11) is 1.97. The van der Waals surface area contributed by atoms with E-state index >= 15 is 0 Å². The Morgan fingerprint density at radius 2 is 1.84 bits per heavy atom.